The fourth-order valence-corrected chi connectivity index (χ4v) is 1.29. The van der Waals surface area contributed by atoms with Crippen molar-refractivity contribution in [3.63, 3.8) is 0 Å². The van der Waals surface area contributed by atoms with E-state index in [1.165, 1.54) is 12.2 Å². The lowest BCUT2D eigenvalue weighted by Crippen LogP contribution is -2.43. The van der Waals surface area contributed by atoms with Crippen LogP contribution in [0, 0.1) is 5.92 Å². The summed E-state index contributed by atoms with van der Waals surface area (Å²) in [4.78, 5) is 27.1. The van der Waals surface area contributed by atoms with Gasteiger partial charge in [0.05, 0.1) is 13.0 Å². The third-order valence-electron chi connectivity index (χ3n) is 2.20. The van der Waals surface area contributed by atoms with Gasteiger partial charge in [-0.25, -0.2) is 5.06 Å². The molecule has 5 heteroatoms. The normalized spacial score (nSPS) is 22.3. The lowest BCUT2D eigenvalue weighted by atomic mass is 9.98. The highest BCUT2D eigenvalue weighted by atomic mass is 16.7. The quantitative estimate of drug-likeness (QED) is 0.593. The van der Waals surface area contributed by atoms with Gasteiger partial charge in [-0.2, -0.15) is 0 Å². The first-order chi connectivity index (χ1) is 6.15. The molecule has 0 aliphatic carbocycles. The van der Waals surface area contributed by atoms with Gasteiger partial charge in [0.2, 0.25) is 5.91 Å². The van der Waals surface area contributed by atoms with Crippen LogP contribution in [0.1, 0.15) is 12.8 Å². The van der Waals surface area contributed by atoms with Crippen LogP contribution in [0.25, 0.3) is 0 Å². The lowest BCUT2D eigenvalue weighted by molar-refractivity contribution is -0.174. The molecule has 1 rings (SSSR count). The van der Waals surface area contributed by atoms with Crippen molar-refractivity contribution < 1.29 is 14.4 Å². The number of piperidine rings is 1. The van der Waals surface area contributed by atoms with Gasteiger partial charge in [0.1, 0.15) is 0 Å². The Balaban J connectivity index is 2.44. The summed E-state index contributed by atoms with van der Waals surface area (Å²) in [6.45, 7) is 0.422. The summed E-state index contributed by atoms with van der Waals surface area (Å²) < 4.78 is 0. The van der Waals surface area contributed by atoms with Gasteiger partial charge in [-0.1, -0.05) is 0 Å². The summed E-state index contributed by atoms with van der Waals surface area (Å²) >= 11 is 0. The van der Waals surface area contributed by atoms with Crippen LogP contribution in [0.5, 0.6) is 0 Å². The Hall–Kier alpha value is -1.10. The van der Waals surface area contributed by atoms with Gasteiger partial charge >= 0.3 is 0 Å². The smallest absolute Gasteiger partial charge is 0.250 e. The molecule has 0 spiro atoms. The molecule has 0 saturated carbocycles. The molecule has 1 fully saturated rings. The van der Waals surface area contributed by atoms with Gasteiger partial charge in [-0.15, -0.1) is 0 Å². The molecular weight excluding hydrogens is 172 g/mol. The van der Waals surface area contributed by atoms with E-state index >= 15 is 0 Å². The number of nitrogens with one attached hydrogen (secondary N) is 1. The maximum absolute atomic E-state index is 11.5. The van der Waals surface area contributed by atoms with Crippen LogP contribution in [0.2, 0.25) is 0 Å². The van der Waals surface area contributed by atoms with Crippen LogP contribution in [-0.4, -0.2) is 37.6 Å². The molecule has 0 radical (unpaired) electrons. The summed E-state index contributed by atoms with van der Waals surface area (Å²) in [5.41, 5.74) is 0. The van der Waals surface area contributed by atoms with E-state index in [0.29, 0.717) is 19.4 Å². The Morgan fingerprint density at radius 3 is 2.85 bits per heavy atom. The maximum atomic E-state index is 11.5. The molecular formula is C8H14N2O3. The van der Waals surface area contributed by atoms with Crippen LogP contribution in [0.4, 0.5) is 0 Å². The Morgan fingerprint density at radius 2 is 2.38 bits per heavy atom. The number of amides is 2. The maximum Gasteiger partial charge on any atom is 0.250 e. The van der Waals surface area contributed by atoms with Crippen molar-refractivity contribution in [1.82, 2.24) is 10.4 Å². The summed E-state index contributed by atoms with van der Waals surface area (Å²) in [5, 5.41) is 3.85. The van der Waals surface area contributed by atoms with Crippen LogP contribution < -0.4 is 5.32 Å². The average Bonchev–Trinajstić information content (AvgIpc) is 2.17. The lowest BCUT2D eigenvalue weighted by Gasteiger charge is -2.24. The van der Waals surface area contributed by atoms with Gasteiger partial charge in [0, 0.05) is 20.0 Å². The standard InChI is InChI=1S/C8H14N2O3/c1-10(13-2)8(12)6-3-4-7(11)9-5-6/h6H,3-5H2,1-2H3,(H,9,11)/t6-/m1/s1. The minimum absolute atomic E-state index is 0.0177. The van der Waals surface area contributed by atoms with Crippen LogP contribution in [0.15, 0.2) is 0 Å². The van der Waals surface area contributed by atoms with Gasteiger partial charge in [-0.05, 0) is 6.42 Å². The summed E-state index contributed by atoms with van der Waals surface area (Å²) in [5.74, 6) is -0.200. The summed E-state index contributed by atoms with van der Waals surface area (Å²) in [7, 11) is 3.01. The molecule has 1 heterocycles. The highest BCUT2D eigenvalue weighted by Gasteiger charge is 2.26. The molecule has 2 amide bonds. The number of carbonyl (C=O) groups is 2. The number of hydroxylamine groups is 2. The highest BCUT2D eigenvalue weighted by molar-refractivity contribution is 5.83. The molecule has 13 heavy (non-hydrogen) atoms. The summed E-state index contributed by atoms with van der Waals surface area (Å²) in [6.07, 6.45) is 1.03. The highest BCUT2D eigenvalue weighted by Crippen LogP contribution is 2.13. The molecule has 0 bridgehead atoms. The van der Waals surface area contributed by atoms with Crippen molar-refractivity contribution in [2.45, 2.75) is 12.8 Å². The van der Waals surface area contributed by atoms with Gasteiger partial charge in [-0.3, -0.25) is 14.4 Å². The van der Waals surface area contributed by atoms with Gasteiger partial charge in [0.25, 0.3) is 5.91 Å². The zero-order chi connectivity index (χ0) is 9.84. The van der Waals surface area contributed by atoms with Gasteiger partial charge < -0.3 is 5.32 Å². The zero-order valence-corrected chi connectivity index (χ0v) is 7.87. The van der Waals surface area contributed by atoms with E-state index in [0.717, 1.165) is 0 Å². The predicted octanol–water partition coefficient (Wildman–Crippen LogP) is -0.468. The molecule has 1 saturated heterocycles. The number of carbonyl (C=O) groups excluding carboxylic acids is 2. The fraction of sp³-hybridized carbons (Fsp3) is 0.750. The molecule has 0 aromatic heterocycles. The van der Waals surface area contributed by atoms with E-state index in [4.69, 9.17) is 4.84 Å². The number of hydrogen-bond donors (Lipinski definition) is 1. The van der Waals surface area contributed by atoms with Crippen molar-refractivity contribution in [3.05, 3.63) is 0 Å². The summed E-state index contributed by atoms with van der Waals surface area (Å²) in [6, 6.07) is 0. The fourth-order valence-electron chi connectivity index (χ4n) is 1.29. The molecule has 74 valence electrons. The van der Waals surface area contributed by atoms with E-state index in [-0.39, 0.29) is 17.7 Å². The number of nitrogens with zero attached hydrogens (tertiary/aromatic N) is 1. The molecule has 1 N–H and O–H groups in total. The molecule has 0 unspecified atom stereocenters. The third kappa shape index (κ3) is 2.42. The van der Waals surface area contributed by atoms with Crippen molar-refractivity contribution in [3.8, 4) is 0 Å². The molecule has 0 aromatic carbocycles. The van der Waals surface area contributed by atoms with Crippen molar-refractivity contribution in [1.29, 1.82) is 0 Å². The molecule has 1 aliphatic heterocycles. The average molecular weight is 186 g/mol. The second kappa shape index (κ2) is 4.23. The van der Waals surface area contributed by atoms with E-state index < -0.39 is 0 Å². The SMILES string of the molecule is CON(C)C(=O)[C@@H]1CCC(=O)NC1. The predicted molar refractivity (Wildman–Crippen MR) is 45.5 cm³/mol. The first kappa shape index (κ1) is 9.98. The minimum atomic E-state index is -0.136. The van der Waals surface area contributed by atoms with E-state index in [2.05, 4.69) is 5.32 Å². The van der Waals surface area contributed by atoms with Crippen LogP contribution in [-0.2, 0) is 14.4 Å². The van der Waals surface area contributed by atoms with Crippen molar-refractivity contribution >= 4 is 11.8 Å². The molecule has 1 aliphatic rings. The zero-order valence-electron chi connectivity index (χ0n) is 7.87. The van der Waals surface area contributed by atoms with Crippen LogP contribution >= 0.6 is 0 Å². The largest absolute Gasteiger partial charge is 0.355 e. The van der Waals surface area contributed by atoms with E-state index in [1.807, 2.05) is 0 Å². The monoisotopic (exact) mass is 186 g/mol. The van der Waals surface area contributed by atoms with Crippen LogP contribution in [0.3, 0.4) is 0 Å². The Bertz CT molecular complexity index is 207. The minimum Gasteiger partial charge on any atom is -0.355 e. The van der Waals surface area contributed by atoms with E-state index in [1.54, 1.807) is 7.05 Å². The first-order valence-electron chi connectivity index (χ1n) is 4.23. The van der Waals surface area contributed by atoms with Crippen molar-refractivity contribution in [2.75, 3.05) is 20.7 Å². The second-order valence-corrected chi connectivity index (χ2v) is 3.06. The molecule has 5 nitrogen and oxygen atoms in total. The number of hydrogen-bond acceptors (Lipinski definition) is 3. The Morgan fingerprint density at radius 1 is 1.69 bits per heavy atom. The first-order valence-corrected chi connectivity index (χ1v) is 4.23. The van der Waals surface area contributed by atoms with Gasteiger partial charge in [0.15, 0.2) is 0 Å². The van der Waals surface area contributed by atoms with E-state index in [9.17, 15) is 9.59 Å². The third-order valence-corrected chi connectivity index (χ3v) is 2.20. The molecule has 0 aromatic rings. The Kier molecular flexibility index (Phi) is 3.25. The Labute approximate surface area is 77.0 Å². The number of rotatable bonds is 2. The van der Waals surface area contributed by atoms with Crippen molar-refractivity contribution in [2.24, 2.45) is 5.92 Å². The topological polar surface area (TPSA) is 58.6 Å². The second-order valence-electron chi connectivity index (χ2n) is 3.06. The molecule has 1 atom stereocenters.